The SMILES string of the molecule is CN=C(NCc1ccco1)NC(C)CCC(C)C.I. The van der Waals surface area contributed by atoms with E-state index in [9.17, 15) is 0 Å². The molecular formula is C14H26IN3O. The summed E-state index contributed by atoms with van der Waals surface area (Å²) >= 11 is 0. The van der Waals surface area contributed by atoms with Crippen LogP contribution in [-0.4, -0.2) is 19.0 Å². The molecule has 110 valence electrons. The van der Waals surface area contributed by atoms with E-state index in [0.29, 0.717) is 12.6 Å². The van der Waals surface area contributed by atoms with Crippen LogP contribution in [0.3, 0.4) is 0 Å². The Labute approximate surface area is 133 Å². The predicted molar refractivity (Wildman–Crippen MR) is 91.0 cm³/mol. The van der Waals surface area contributed by atoms with E-state index in [1.165, 1.54) is 6.42 Å². The van der Waals surface area contributed by atoms with Crippen LogP contribution in [-0.2, 0) is 6.54 Å². The molecule has 4 nitrogen and oxygen atoms in total. The zero-order valence-electron chi connectivity index (χ0n) is 12.3. The van der Waals surface area contributed by atoms with Crippen molar-refractivity contribution in [1.29, 1.82) is 0 Å². The smallest absolute Gasteiger partial charge is 0.191 e. The molecule has 0 aromatic carbocycles. The first-order valence-electron chi connectivity index (χ1n) is 6.61. The van der Waals surface area contributed by atoms with Crippen LogP contribution in [0.4, 0.5) is 0 Å². The molecule has 0 spiro atoms. The summed E-state index contributed by atoms with van der Waals surface area (Å²) in [6, 6.07) is 4.26. The van der Waals surface area contributed by atoms with Gasteiger partial charge in [-0.2, -0.15) is 0 Å². The molecule has 0 bridgehead atoms. The number of halogens is 1. The summed E-state index contributed by atoms with van der Waals surface area (Å²) in [4.78, 5) is 4.21. The number of nitrogens with one attached hydrogen (secondary N) is 2. The molecule has 2 N–H and O–H groups in total. The Morgan fingerprint density at radius 1 is 1.32 bits per heavy atom. The molecule has 0 amide bonds. The average molecular weight is 379 g/mol. The molecule has 0 fully saturated rings. The number of nitrogens with zero attached hydrogens (tertiary/aromatic N) is 1. The van der Waals surface area contributed by atoms with Crippen molar-refractivity contribution in [2.45, 2.75) is 46.2 Å². The van der Waals surface area contributed by atoms with Crippen LogP contribution in [0.15, 0.2) is 27.8 Å². The molecule has 0 radical (unpaired) electrons. The van der Waals surface area contributed by atoms with E-state index in [0.717, 1.165) is 24.1 Å². The number of rotatable bonds is 6. The lowest BCUT2D eigenvalue weighted by atomic mass is 10.0. The van der Waals surface area contributed by atoms with Gasteiger partial charge in [0.05, 0.1) is 12.8 Å². The van der Waals surface area contributed by atoms with Crippen LogP contribution in [0.25, 0.3) is 0 Å². The maximum Gasteiger partial charge on any atom is 0.191 e. The van der Waals surface area contributed by atoms with Gasteiger partial charge >= 0.3 is 0 Å². The fourth-order valence-electron chi connectivity index (χ4n) is 1.67. The first-order valence-corrected chi connectivity index (χ1v) is 6.61. The monoisotopic (exact) mass is 379 g/mol. The fourth-order valence-corrected chi connectivity index (χ4v) is 1.67. The maximum atomic E-state index is 5.27. The van der Waals surface area contributed by atoms with Gasteiger partial charge in [0.1, 0.15) is 5.76 Å². The quantitative estimate of drug-likeness (QED) is 0.453. The summed E-state index contributed by atoms with van der Waals surface area (Å²) in [6.45, 7) is 7.33. The second-order valence-corrected chi connectivity index (χ2v) is 5.02. The molecule has 5 heteroatoms. The van der Waals surface area contributed by atoms with Gasteiger partial charge in [-0.1, -0.05) is 13.8 Å². The van der Waals surface area contributed by atoms with E-state index in [1.54, 1.807) is 13.3 Å². The Hall–Kier alpha value is -0.720. The van der Waals surface area contributed by atoms with Crippen LogP contribution in [0, 0.1) is 5.92 Å². The highest BCUT2D eigenvalue weighted by Gasteiger charge is 2.06. The first kappa shape index (κ1) is 18.3. The molecule has 1 unspecified atom stereocenters. The first-order chi connectivity index (χ1) is 8.61. The Kier molecular flexibility index (Phi) is 9.73. The molecule has 0 aliphatic carbocycles. The van der Waals surface area contributed by atoms with Crippen molar-refractivity contribution in [3.63, 3.8) is 0 Å². The van der Waals surface area contributed by atoms with E-state index in [-0.39, 0.29) is 24.0 Å². The zero-order chi connectivity index (χ0) is 13.4. The van der Waals surface area contributed by atoms with Gasteiger partial charge in [0.2, 0.25) is 0 Å². The van der Waals surface area contributed by atoms with Crippen molar-refractivity contribution in [1.82, 2.24) is 10.6 Å². The van der Waals surface area contributed by atoms with Gasteiger partial charge in [-0.05, 0) is 37.8 Å². The molecular weight excluding hydrogens is 353 g/mol. The third-order valence-corrected chi connectivity index (χ3v) is 2.79. The fraction of sp³-hybridized carbons (Fsp3) is 0.643. The third-order valence-electron chi connectivity index (χ3n) is 2.79. The molecule has 1 heterocycles. The van der Waals surface area contributed by atoms with E-state index in [2.05, 4.69) is 36.4 Å². The van der Waals surface area contributed by atoms with Crippen molar-refractivity contribution >= 4 is 29.9 Å². The molecule has 0 saturated heterocycles. The van der Waals surface area contributed by atoms with Crippen LogP contribution in [0.1, 0.15) is 39.4 Å². The van der Waals surface area contributed by atoms with Crippen molar-refractivity contribution in [3.05, 3.63) is 24.2 Å². The molecule has 1 atom stereocenters. The van der Waals surface area contributed by atoms with Crippen molar-refractivity contribution in [2.75, 3.05) is 7.05 Å². The maximum absolute atomic E-state index is 5.27. The normalized spacial score (nSPS) is 13.0. The number of furan rings is 1. The number of hydrogen-bond donors (Lipinski definition) is 2. The standard InChI is InChI=1S/C14H25N3O.HI/c1-11(2)7-8-12(3)17-14(15-4)16-10-13-6-5-9-18-13;/h5-6,9,11-12H,7-8,10H2,1-4H3,(H2,15,16,17);1H. The van der Waals surface area contributed by atoms with Crippen molar-refractivity contribution in [3.8, 4) is 0 Å². The second-order valence-electron chi connectivity index (χ2n) is 5.02. The van der Waals surface area contributed by atoms with Crippen LogP contribution in [0.5, 0.6) is 0 Å². The third kappa shape index (κ3) is 8.13. The van der Waals surface area contributed by atoms with Gasteiger partial charge < -0.3 is 15.1 Å². The summed E-state index contributed by atoms with van der Waals surface area (Å²) in [6.07, 6.45) is 4.06. The predicted octanol–water partition coefficient (Wildman–Crippen LogP) is 3.39. The highest BCUT2D eigenvalue weighted by atomic mass is 127. The lowest BCUT2D eigenvalue weighted by molar-refractivity contribution is 0.482. The summed E-state index contributed by atoms with van der Waals surface area (Å²) in [5, 5.41) is 6.62. The molecule has 0 saturated carbocycles. The van der Waals surface area contributed by atoms with Gasteiger partial charge in [-0.3, -0.25) is 4.99 Å². The van der Waals surface area contributed by atoms with Crippen molar-refractivity contribution in [2.24, 2.45) is 10.9 Å². The summed E-state index contributed by atoms with van der Waals surface area (Å²) in [5.41, 5.74) is 0. The number of guanidine groups is 1. The highest BCUT2D eigenvalue weighted by molar-refractivity contribution is 14.0. The average Bonchev–Trinajstić information content (AvgIpc) is 2.84. The minimum Gasteiger partial charge on any atom is -0.467 e. The van der Waals surface area contributed by atoms with E-state index in [4.69, 9.17) is 4.42 Å². The van der Waals surface area contributed by atoms with E-state index < -0.39 is 0 Å². The van der Waals surface area contributed by atoms with Gasteiger partial charge in [0.15, 0.2) is 5.96 Å². The topological polar surface area (TPSA) is 49.6 Å². The van der Waals surface area contributed by atoms with Crippen LogP contribution in [0.2, 0.25) is 0 Å². The summed E-state index contributed by atoms with van der Waals surface area (Å²) in [5.74, 6) is 2.47. The van der Waals surface area contributed by atoms with Gasteiger partial charge in [0.25, 0.3) is 0 Å². The van der Waals surface area contributed by atoms with Crippen LogP contribution >= 0.6 is 24.0 Å². The van der Waals surface area contributed by atoms with Gasteiger partial charge in [-0.25, -0.2) is 0 Å². The lowest BCUT2D eigenvalue weighted by Gasteiger charge is -2.18. The highest BCUT2D eigenvalue weighted by Crippen LogP contribution is 2.06. The zero-order valence-corrected chi connectivity index (χ0v) is 14.6. The summed E-state index contributed by atoms with van der Waals surface area (Å²) in [7, 11) is 1.78. The Morgan fingerprint density at radius 2 is 2.05 bits per heavy atom. The number of aliphatic imine (C=N–C) groups is 1. The largest absolute Gasteiger partial charge is 0.467 e. The lowest BCUT2D eigenvalue weighted by Crippen LogP contribution is -2.41. The molecule has 19 heavy (non-hydrogen) atoms. The van der Waals surface area contributed by atoms with E-state index in [1.807, 2.05) is 12.1 Å². The molecule has 0 aliphatic rings. The van der Waals surface area contributed by atoms with Crippen molar-refractivity contribution < 1.29 is 4.42 Å². The minimum absolute atomic E-state index is 0. The summed E-state index contributed by atoms with van der Waals surface area (Å²) < 4.78 is 5.27. The Morgan fingerprint density at radius 3 is 2.58 bits per heavy atom. The van der Waals surface area contributed by atoms with E-state index >= 15 is 0 Å². The second kappa shape index (κ2) is 10.1. The molecule has 1 aromatic rings. The Bertz CT molecular complexity index is 350. The Balaban J connectivity index is 0.00000324. The van der Waals surface area contributed by atoms with Gasteiger partial charge in [-0.15, -0.1) is 24.0 Å². The molecule has 1 rings (SSSR count). The molecule has 1 aromatic heterocycles. The minimum atomic E-state index is 0. The molecule has 0 aliphatic heterocycles. The van der Waals surface area contributed by atoms with Crippen LogP contribution < -0.4 is 10.6 Å². The number of hydrogen-bond acceptors (Lipinski definition) is 2. The van der Waals surface area contributed by atoms with Gasteiger partial charge in [0, 0.05) is 13.1 Å².